The number of phenolic OH excluding ortho intramolecular Hbond substituents is 2. The molecule has 9 heteroatoms. The topological polar surface area (TPSA) is 114 Å². The molecule has 1 aromatic heterocycles. The van der Waals surface area contributed by atoms with Gasteiger partial charge in [0.05, 0.1) is 12.7 Å². The largest absolute Gasteiger partial charge is 0.508 e. The lowest BCUT2D eigenvalue weighted by Gasteiger charge is -2.11. The summed E-state index contributed by atoms with van der Waals surface area (Å²) in [5.41, 5.74) is 0.673. The number of benzene rings is 2. The first-order valence-corrected chi connectivity index (χ1v) is 8.56. The number of nitrogens with zero attached hydrogens (tertiary/aromatic N) is 2. The molecule has 3 N–H and O–H groups in total. The van der Waals surface area contributed by atoms with E-state index in [0.29, 0.717) is 17.4 Å². The Labute approximate surface area is 164 Å². The standard InChI is InChI=1S/C19H16ClN3O5/c20-15-4-2-1-3-12(15)10-23-17(7-8-21-23)22-18(26)11-28-19(27)14-6-5-13(24)9-16(14)25/h1-9,24-25H,10-11H2,(H,22,26). The van der Waals surface area contributed by atoms with E-state index in [1.165, 1.54) is 18.3 Å². The van der Waals surface area contributed by atoms with Gasteiger partial charge < -0.3 is 20.3 Å². The smallest absolute Gasteiger partial charge is 0.342 e. The number of carbonyl (C=O) groups is 2. The molecule has 0 aliphatic heterocycles. The van der Waals surface area contributed by atoms with E-state index in [9.17, 15) is 19.8 Å². The zero-order chi connectivity index (χ0) is 20.1. The third-order valence-corrected chi connectivity index (χ3v) is 4.17. The SMILES string of the molecule is O=C(COC(=O)c1ccc(O)cc1O)Nc1ccnn1Cc1ccccc1Cl. The fourth-order valence-corrected chi connectivity index (χ4v) is 2.63. The molecule has 0 bridgehead atoms. The molecule has 1 heterocycles. The molecule has 0 aliphatic rings. The monoisotopic (exact) mass is 401 g/mol. The molecule has 0 fully saturated rings. The predicted octanol–water partition coefficient (Wildman–Crippen LogP) is 2.79. The Hall–Kier alpha value is -3.52. The average Bonchev–Trinajstić information content (AvgIpc) is 3.08. The molecule has 3 aromatic rings. The highest BCUT2D eigenvalue weighted by Gasteiger charge is 2.16. The van der Waals surface area contributed by atoms with Gasteiger partial charge >= 0.3 is 5.97 Å². The maximum Gasteiger partial charge on any atom is 0.342 e. The van der Waals surface area contributed by atoms with Crippen molar-refractivity contribution in [1.82, 2.24) is 9.78 Å². The summed E-state index contributed by atoms with van der Waals surface area (Å²) in [7, 11) is 0. The van der Waals surface area contributed by atoms with Crippen LogP contribution in [0.4, 0.5) is 5.82 Å². The van der Waals surface area contributed by atoms with Gasteiger partial charge in [-0.1, -0.05) is 29.8 Å². The van der Waals surface area contributed by atoms with Crippen LogP contribution in [0.2, 0.25) is 5.02 Å². The van der Waals surface area contributed by atoms with Crippen LogP contribution in [0.1, 0.15) is 15.9 Å². The van der Waals surface area contributed by atoms with Gasteiger partial charge in [-0.3, -0.25) is 4.79 Å². The van der Waals surface area contributed by atoms with Gasteiger partial charge in [-0.15, -0.1) is 0 Å². The number of esters is 1. The van der Waals surface area contributed by atoms with Crippen molar-refractivity contribution in [3.8, 4) is 11.5 Å². The summed E-state index contributed by atoms with van der Waals surface area (Å²) in [6, 6.07) is 12.3. The van der Waals surface area contributed by atoms with Crippen LogP contribution in [0, 0.1) is 0 Å². The molecule has 144 valence electrons. The number of ether oxygens (including phenoxy) is 1. The van der Waals surface area contributed by atoms with Crippen molar-refractivity contribution < 1.29 is 24.5 Å². The number of amides is 1. The number of nitrogens with one attached hydrogen (secondary N) is 1. The van der Waals surface area contributed by atoms with E-state index >= 15 is 0 Å². The Morgan fingerprint density at radius 3 is 2.68 bits per heavy atom. The fourth-order valence-electron chi connectivity index (χ4n) is 2.43. The minimum Gasteiger partial charge on any atom is -0.508 e. The van der Waals surface area contributed by atoms with Crippen molar-refractivity contribution in [2.24, 2.45) is 0 Å². The highest BCUT2D eigenvalue weighted by molar-refractivity contribution is 6.31. The maximum absolute atomic E-state index is 12.1. The lowest BCUT2D eigenvalue weighted by molar-refractivity contribution is -0.119. The summed E-state index contributed by atoms with van der Waals surface area (Å²) in [4.78, 5) is 24.1. The first-order chi connectivity index (χ1) is 13.4. The van der Waals surface area contributed by atoms with E-state index in [1.54, 1.807) is 16.8 Å². The summed E-state index contributed by atoms with van der Waals surface area (Å²) in [5.74, 6) is -1.69. The van der Waals surface area contributed by atoms with E-state index in [4.69, 9.17) is 16.3 Å². The summed E-state index contributed by atoms with van der Waals surface area (Å²) < 4.78 is 6.44. The van der Waals surface area contributed by atoms with Crippen molar-refractivity contribution in [2.75, 3.05) is 11.9 Å². The van der Waals surface area contributed by atoms with Crippen molar-refractivity contribution in [1.29, 1.82) is 0 Å². The normalized spacial score (nSPS) is 10.5. The molecule has 2 aromatic carbocycles. The molecule has 0 saturated carbocycles. The summed E-state index contributed by atoms with van der Waals surface area (Å²) in [5, 5.41) is 26.2. The summed E-state index contributed by atoms with van der Waals surface area (Å²) in [6.45, 7) is -0.208. The number of aromatic hydroxyl groups is 2. The number of rotatable bonds is 6. The van der Waals surface area contributed by atoms with Crippen LogP contribution in [0.5, 0.6) is 11.5 Å². The molecule has 0 atom stereocenters. The zero-order valence-corrected chi connectivity index (χ0v) is 15.3. The van der Waals surface area contributed by atoms with Gasteiger partial charge in [0.2, 0.25) is 0 Å². The Morgan fingerprint density at radius 2 is 1.93 bits per heavy atom. The number of hydrogen-bond acceptors (Lipinski definition) is 6. The molecule has 3 rings (SSSR count). The molecular formula is C19H16ClN3O5. The van der Waals surface area contributed by atoms with Crippen LogP contribution in [0.3, 0.4) is 0 Å². The van der Waals surface area contributed by atoms with Crippen LogP contribution in [-0.2, 0) is 16.1 Å². The van der Waals surface area contributed by atoms with Gasteiger partial charge in [-0.25, -0.2) is 9.48 Å². The maximum atomic E-state index is 12.1. The number of hydrogen-bond donors (Lipinski definition) is 3. The second kappa shape index (κ2) is 8.45. The van der Waals surface area contributed by atoms with Gasteiger partial charge in [-0.05, 0) is 23.8 Å². The number of phenols is 2. The minimum absolute atomic E-state index is 0.158. The Balaban J connectivity index is 1.59. The average molecular weight is 402 g/mol. The molecule has 0 unspecified atom stereocenters. The van der Waals surface area contributed by atoms with Gasteiger partial charge in [-0.2, -0.15) is 5.10 Å². The predicted molar refractivity (Wildman–Crippen MR) is 101 cm³/mol. The Morgan fingerprint density at radius 1 is 1.14 bits per heavy atom. The zero-order valence-electron chi connectivity index (χ0n) is 14.5. The lowest BCUT2D eigenvalue weighted by atomic mass is 10.2. The third kappa shape index (κ3) is 4.60. The van der Waals surface area contributed by atoms with Crippen molar-refractivity contribution >= 4 is 29.3 Å². The van der Waals surface area contributed by atoms with Gasteiger partial charge in [0.15, 0.2) is 6.61 Å². The van der Waals surface area contributed by atoms with E-state index < -0.39 is 24.2 Å². The molecule has 0 aliphatic carbocycles. The number of anilines is 1. The first kappa shape index (κ1) is 19.2. The molecule has 0 saturated heterocycles. The quantitative estimate of drug-likeness (QED) is 0.547. The van der Waals surface area contributed by atoms with Crippen LogP contribution < -0.4 is 5.32 Å². The number of carbonyl (C=O) groups excluding carboxylic acids is 2. The fraction of sp³-hybridized carbons (Fsp3) is 0.105. The molecule has 1 amide bonds. The molecule has 0 radical (unpaired) electrons. The lowest BCUT2D eigenvalue weighted by Crippen LogP contribution is -2.22. The van der Waals surface area contributed by atoms with Gasteiger partial charge in [0.1, 0.15) is 22.9 Å². The van der Waals surface area contributed by atoms with Crippen molar-refractivity contribution in [3.63, 3.8) is 0 Å². The minimum atomic E-state index is -0.891. The van der Waals surface area contributed by atoms with Gasteiger partial charge in [0, 0.05) is 17.2 Å². The van der Waals surface area contributed by atoms with Crippen LogP contribution >= 0.6 is 11.6 Å². The van der Waals surface area contributed by atoms with Crippen molar-refractivity contribution in [2.45, 2.75) is 6.54 Å². The molecular weight excluding hydrogens is 386 g/mol. The number of halogens is 1. The molecule has 0 spiro atoms. The molecule has 28 heavy (non-hydrogen) atoms. The van der Waals surface area contributed by atoms with E-state index in [-0.39, 0.29) is 11.3 Å². The van der Waals surface area contributed by atoms with Gasteiger partial charge in [0.25, 0.3) is 5.91 Å². The van der Waals surface area contributed by atoms with E-state index in [1.807, 2.05) is 18.2 Å². The third-order valence-electron chi connectivity index (χ3n) is 3.80. The van der Waals surface area contributed by atoms with E-state index in [0.717, 1.165) is 11.6 Å². The van der Waals surface area contributed by atoms with Crippen LogP contribution in [-0.4, -0.2) is 38.5 Å². The number of aromatic nitrogens is 2. The Bertz CT molecular complexity index is 1020. The van der Waals surface area contributed by atoms with Crippen LogP contribution in [0.15, 0.2) is 54.7 Å². The first-order valence-electron chi connectivity index (χ1n) is 8.18. The summed E-state index contributed by atoms with van der Waals surface area (Å²) in [6.07, 6.45) is 1.52. The van der Waals surface area contributed by atoms with E-state index in [2.05, 4.69) is 10.4 Å². The molecule has 8 nitrogen and oxygen atoms in total. The highest BCUT2D eigenvalue weighted by atomic mass is 35.5. The summed E-state index contributed by atoms with van der Waals surface area (Å²) >= 11 is 6.14. The van der Waals surface area contributed by atoms with Crippen LogP contribution in [0.25, 0.3) is 0 Å². The van der Waals surface area contributed by atoms with Crippen molar-refractivity contribution in [3.05, 3.63) is 70.9 Å². The second-order valence-corrected chi connectivity index (χ2v) is 6.20. The highest BCUT2D eigenvalue weighted by Crippen LogP contribution is 2.23. The second-order valence-electron chi connectivity index (χ2n) is 5.79. The Kier molecular flexibility index (Phi) is 5.81.